The Hall–Kier alpha value is -2.78. The molecule has 0 saturated heterocycles. The second kappa shape index (κ2) is 22.0. The number of hydrogen-bond acceptors (Lipinski definition) is 0. The molecule has 0 spiro atoms. The normalized spacial score (nSPS) is 15.8. The summed E-state index contributed by atoms with van der Waals surface area (Å²) in [5, 5.41) is 3.62. The molecule has 0 N–H and O–H groups in total. The highest BCUT2D eigenvalue weighted by Gasteiger charge is 2.14. The van der Waals surface area contributed by atoms with E-state index in [0.717, 1.165) is 17.9 Å². The van der Waals surface area contributed by atoms with Crippen LogP contribution >= 0.6 is 15.8 Å². The standard InChI is InChI=1S/C32H40P2/c1-8-15-18-19-21-27-33(31(22-11-4)23-12-5)28-29-34(30(14-7)26-20-16-9-2)32(24-13-6)25-17-10-3/h9-26,28-29H,2-4,6-8,27H2,1,5H3/b18-15-,20-16-,21-19-,23-12-,25-17-,29-28?,30-26+,31-22+,32-24+. The summed E-state index contributed by atoms with van der Waals surface area (Å²) in [5.41, 5.74) is 0. The van der Waals surface area contributed by atoms with E-state index in [2.05, 4.69) is 119 Å². The second-order valence-electron chi connectivity index (χ2n) is 6.75. The van der Waals surface area contributed by atoms with Gasteiger partial charge in [-0.1, -0.05) is 161 Å². The van der Waals surface area contributed by atoms with Crippen LogP contribution in [0.5, 0.6) is 0 Å². The molecule has 0 bridgehead atoms. The molecule has 0 radical (unpaired) electrons. The van der Waals surface area contributed by atoms with Crippen LogP contribution in [-0.4, -0.2) is 6.16 Å². The van der Waals surface area contributed by atoms with Crippen molar-refractivity contribution < 1.29 is 0 Å². The monoisotopic (exact) mass is 486 g/mol. The Kier molecular flexibility index (Phi) is 20.2. The maximum atomic E-state index is 4.09. The Balaban J connectivity index is 6.57. The maximum Gasteiger partial charge on any atom is -0.00665 e. The summed E-state index contributed by atoms with van der Waals surface area (Å²) in [6.45, 7) is 23.7. The zero-order chi connectivity index (χ0) is 25.4. The Bertz CT molecular complexity index is 924. The Morgan fingerprint density at radius 1 is 0.647 bits per heavy atom. The fraction of sp³-hybridized carbons (Fsp3) is 0.125. The molecule has 2 heteroatoms. The molecule has 0 aromatic heterocycles. The molecule has 0 aliphatic heterocycles. The highest BCUT2D eigenvalue weighted by atomic mass is 31.1. The van der Waals surface area contributed by atoms with Gasteiger partial charge in [-0.2, -0.15) is 0 Å². The molecule has 2 unspecified atom stereocenters. The van der Waals surface area contributed by atoms with Gasteiger partial charge >= 0.3 is 0 Å². The summed E-state index contributed by atoms with van der Waals surface area (Å²) in [7, 11) is -1.35. The Morgan fingerprint density at radius 3 is 1.91 bits per heavy atom. The van der Waals surface area contributed by atoms with Crippen LogP contribution in [0.25, 0.3) is 0 Å². The van der Waals surface area contributed by atoms with Gasteiger partial charge in [-0.3, -0.25) is 0 Å². The van der Waals surface area contributed by atoms with Crippen molar-refractivity contribution in [3.05, 3.63) is 170 Å². The molecule has 0 heterocycles. The largest absolute Gasteiger partial charge is 0.0991 e. The van der Waals surface area contributed by atoms with Gasteiger partial charge in [-0.15, -0.1) is 0 Å². The molecule has 0 saturated carbocycles. The van der Waals surface area contributed by atoms with Crippen molar-refractivity contribution in [2.45, 2.75) is 20.3 Å². The minimum Gasteiger partial charge on any atom is -0.0991 e. The molecule has 0 aromatic rings. The van der Waals surface area contributed by atoms with Crippen molar-refractivity contribution in [1.29, 1.82) is 0 Å². The molecule has 0 aliphatic rings. The molecule has 0 aromatic carbocycles. The lowest BCUT2D eigenvalue weighted by molar-refractivity contribution is 1.22. The zero-order valence-electron chi connectivity index (χ0n) is 20.9. The van der Waals surface area contributed by atoms with Crippen molar-refractivity contribution >= 4 is 15.8 Å². The Morgan fingerprint density at radius 2 is 1.32 bits per heavy atom. The van der Waals surface area contributed by atoms with Gasteiger partial charge in [0, 0.05) is 0 Å². The molecule has 0 nitrogen and oxygen atoms in total. The minimum atomic E-state index is -0.789. The van der Waals surface area contributed by atoms with E-state index in [1.807, 2.05) is 36.5 Å². The molecule has 0 fully saturated rings. The average Bonchev–Trinajstić information content (AvgIpc) is 2.84. The van der Waals surface area contributed by atoms with Crippen LogP contribution in [0, 0.1) is 0 Å². The SMILES string of the molecule is C=C/C=C\C=C(/C=C)P(C=CP(C/C=C\C=C/CC)C(/C=C\C)=C/C=C)C(/C=C\C=C)=C/C=C. The number of allylic oxidation sites excluding steroid dienone is 21. The van der Waals surface area contributed by atoms with E-state index in [1.165, 1.54) is 10.6 Å². The average molecular weight is 487 g/mol. The van der Waals surface area contributed by atoms with Crippen LogP contribution in [-0.2, 0) is 0 Å². The molecule has 2 atom stereocenters. The lowest BCUT2D eigenvalue weighted by Gasteiger charge is -2.19. The number of hydrogen-bond donors (Lipinski definition) is 0. The summed E-state index contributed by atoms with van der Waals surface area (Å²) in [5.74, 6) is 4.71. The predicted molar refractivity (Wildman–Crippen MR) is 165 cm³/mol. The van der Waals surface area contributed by atoms with Crippen molar-refractivity contribution in [3.63, 3.8) is 0 Å². The van der Waals surface area contributed by atoms with Crippen LogP contribution in [0.3, 0.4) is 0 Å². The molecule has 0 rings (SSSR count). The minimum absolute atomic E-state index is 0.557. The van der Waals surface area contributed by atoms with E-state index >= 15 is 0 Å². The topological polar surface area (TPSA) is 0 Å². The first-order valence-electron chi connectivity index (χ1n) is 11.4. The highest BCUT2D eigenvalue weighted by Crippen LogP contribution is 2.58. The van der Waals surface area contributed by atoms with Gasteiger partial charge in [-0.25, -0.2) is 0 Å². The predicted octanol–water partition coefficient (Wildman–Crippen LogP) is 11.2. The van der Waals surface area contributed by atoms with E-state index in [1.54, 1.807) is 12.2 Å². The van der Waals surface area contributed by atoms with Crippen LogP contribution in [0.15, 0.2) is 170 Å². The van der Waals surface area contributed by atoms with Gasteiger partial charge in [0.25, 0.3) is 0 Å². The molecular formula is C32H40P2. The fourth-order valence-corrected chi connectivity index (χ4v) is 6.98. The first-order valence-corrected chi connectivity index (χ1v) is 14.4. The van der Waals surface area contributed by atoms with E-state index in [0.29, 0.717) is 0 Å². The second-order valence-corrected chi connectivity index (χ2v) is 10.9. The third kappa shape index (κ3) is 13.7. The molecule has 34 heavy (non-hydrogen) atoms. The van der Waals surface area contributed by atoms with Crippen LogP contribution in [0.2, 0.25) is 0 Å². The van der Waals surface area contributed by atoms with Gasteiger partial charge < -0.3 is 0 Å². The first kappa shape index (κ1) is 31.2. The quantitative estimate of drug-likeness (QED) is 0.142. The van der Waals surface area contributed by atoms with Crippen LogP contribution in [0.4, 0.5) is 0 Å². The van der Waals surface area contributed by atoms with E-state index < -0.39 is 15.8 Å². The molecule has 0 amide bonds. The summed E-state index contributed by atoms with van der Waals surface area (Å²) in [6, 6.07) is 0. The van der Waals surface area contributed by atoms with E-state index in [-0.39, 0.29) is 0 Å². The maximum absolute atomic E-state index is 4.09. The van der Waals surface area contributed by atoms with Gasteiger partial charge in [0.1, 0.15) is 0 Å². The zero-order valence-corrected chi connectivity index (χ0v) is 22.7. The van der Waals surface area contributed by atoms with Crippen LogP contribution in [0.1, 0.15) is 20.3 Å². The summed E-state index contributed by atoms with van der Waals surface area (Å²) < 4.78 is 0. The summed E-state index contributed by atoms with van der Waals surface area (Å²) in [4.78, 5) is 0. The van der Waals surface area contributed by atoms with E-state index in [4.69, 9.17) is 0 Å². The van der Waals surface area contributed by atoms with Gasteiger partial charge in [0.2, 0.25) is 0 Å². The fourth-order valence-electron chi connectivity index (χ4n) is 2.71. The lowest BCUT2D eigenvalue weighted by atomic mass is 10.4. The third-order valence-electron chi connectivity index (χ3n) is 4.25. The molecule has 178 valence electrons. The third-order valence-corrected chi connectivity index (χ3v) is 8.75. The summed E-state index contributed by atoms with van der Waals surface area (Å²) in [6.07, 6.45) is 38.4. The van der Waals surface area contributed by atoms with Gasteiger partial charge in [0.15, 0.2) is 0 Å². The first-order chi connectivity index (χ1) is 16.6. The van der Waals surface area contributed by atoms with Crippen molar-refractivity contribution in [1.82, 2.24) is 0 Å². The number of rotatable bonds is 17. The highest BCUT2D eigenvalue weighted by molar-refractivity contribution is 7.72. The van der Waals surface area contributed by atoms with Crippen molar-refractivity contribution in [2.24, 2.45) is 0 Å². The van der Waals surface area contributed by atoms with Gasteiger partial charge in [-0.05, 0) is 51.3 Å². The van der Waals surface area contributed by atoms with Gasteiger partial charge in [0.05, 0.1) is 0 Å². The van der Waals surface area contributed by atoms with E-state index in [9.17, 15) is 0 Å². The molecular weight excluding hydrogens is 446 g/mol. The van der Waals surface area contributed by atoms with Crippen molar-refractivity contribution in [3.8, 4) is 0 Å². The Labute approximate surface area is 211 Å². The lowest BCUT2D eigenvalue weighted by Crippen LogP contribution is -1.84. The van der Waals surface area contributed by atoms with Crippen molar-refractivity contribution in [2.75, 3.05) is 6.16 Å². The summed E-state index contributed by atoms with van der Waals surface area (Å²) >= 11 is 0. The van der Waals surface area contributed by atoms with Crippen LogP contribution < -0.4 is 0 Å². The smallest absolute Gasteiger partial charge is 0.00665 e. The molecule has 0 aliphatic carbocycles.